The van der Waals surface area contributed by atoms with Crippen LogP contribution in [-0.4, -0.2) is 25.8 Å². The molecule has 25 heavy (non-hydrogen) atoms. The number of halogens is 1. The zero-order chi connectivity index (χ0) is 17.8. The van der Waals surface area contributed by atoms with E-state index in [-0.39, 0.29) is 11.0 Å². The van der Waals surface area contributed by atoms with Crippen LogP contribution in [0.15, 0.2) is 64.2 Å². The lowest BCUT2D eigenvalue weighted by Crippen LogP contribution is -2.14. The van der Waals surface area contributed by atoms with Crippen molar-refractivity contribution in [2.45, 2.75) is 30.8 Å². The molecule has 0 aliphatic carbocycles. The van der Waals surface area contributed by atoms with Gasteiger partial charge in [-0.1, -0.05) is 70.2 Å². The average Bonchev–Trinajstić information content (AvgIpc) is 3.05. The third-order valence-electron chi connectivity index (χ3n) is 3.85. The monoisotopic (exact) mass is 415 g/mol. The van der Waals surface area contributed by atoms with Gasteiger partial charge in [0.15, 0.2) is 16.8 Å². The predicted octanol–water partition coefficient (Wildman–Crippen LogP) is 5.09. The number of rotatable bonds is 6. The Labute approximate surface area is 159 Å². The zero-order valence-corrected chi connectivity index (χ0v) is 16.4. The first-order chi connectivity index (χ1) is 12.1. The lowest BCUT2D eigenvalue weighted by molar-refractivity contribution is 0.0994. The number of hydrogen-bond donors (Lipinski definition) is 0. The molecular weight excluding hydrogens is 398 g/mol. The van der Waals surface area contributed by atoms with Crippen molar-refractivity contribution in [1.82, 2.24) is 14.8 Å². The molecule has 4 nitrogen and oxygen atoms in total. The van der Waals surface area contributed by atoms with Crippen LogP contribution in [0.1, 0.15) is 24.2 Å². The van der Waals surface area contributed by atoms with Gasteiger partial charge in [0.2, 0.25) is 0 Å². The molecule has 128 valence electrons. The third-order valence-corrected chi connectivity index (χ3v) is 5.45. The zero-order valence-electron chi connectivity index (χ0n) is 14.0. The molecule has 0 bridgehead atoms. The number of carbonyl (C=O) groups excluding carboxylic acids is 1. The first-order valence-electron chi connectivity index (χ1n) is 8.05. The summed E-state index contributed by atoms with van der Waals surface area (Å²) in [5, 5.41) is 9.16. The summed E-state index contributed by atoms with van der Waals surface area (Å²) in [5.41, 5.74) is 1.73. The summed E-state index contributed by atoms with van der Waals surface area (Å²) < 4.78 is 3.01. The second kappa shape index (κ2) is 7.97. The fourth-order valence-electron chi connectivity index (χ4n) is 2.52. The summed E-state index contributed by atoms with van der Waals surface area (Å²) in [4.78, 5) is 12.6. The lowest BCUT2D eigenvalue weighted by Gasteiger charge is -2.11. The topological polar surface area (TPSA) is 47.8 Å². The summed E-state index contributed by atoms with van der Waals surface area (Å²) >= 11 is 4.84. The highest BCUT2D eigenvalue weighted by Gasteiger charge is 2.21. The van der Waals surface area contributed by atoms with Gasteiger partial charge in [-0.15, -0.1) is 10.2 Å². The Bertz CT molecular complexity index is 862. The highest BCUT2D eigenvalue weighted by atomic mass is 79.9. The van der Waals surface area contributed by atoms with E-state index in [0.29, 0.717) is 5.56 Å². The van der Waals surface area contributed by atoms with Gasteiger partial charge in [-0.05, 0) is 26.0 Å². The van der Waals surface area contributed by atoms with Crippen LogP contribution >= 0.6 is 27.7 Å². The predicted molar refractivity (Wildman–Crippen MR) is 105 cm³/mol. The number of carbonyl (C=O) groups is 1. The van der Waals surface area contributed by atoms with Gasteiger partial charge in [-0.2, -0.15) is 0 Å². The minimum absolute atomic E-state index is 0.0874. The Kier molecular flexibility index (Phi) is 5.71. The molecule has 0 aliphatic heterocycles. The van der Waals surface area contributed by atoms with Crippen molar-refractivity contribution in [3.05, 3.63) is 64.6 Å². The van der Waals surface area contributed by atoms with Gasteiger partial charge in [-0.25, -0.2) is 0 Å². The number of Topliss-reactive ketones (excluding diaryl/α,β-unsaturated/α-hetero) is 1. The van der Waals surface area contributed by atoms with E-state index in [0.717, 1.165) is 27.6 Å². The molecule has 0 aliphatic rings. The van der Waals surface area contributed by atoms with E-state index >= 15 is 0 Å². The van der Waals surface area contributed by atoms with Crippen LogP contribution in [0.25, 0.3) is 11.4 Å². The van der Waals surface area contributed by atoms with Gasteiger partial charge in [0.05, 0.1) is 5.25 Å². The molecular formula is C19H18BrN3OS. The molecule has 3 aromatic rings. The molecule has 3 rings (SSSR count). The van der Waals surface area contributed by atoms with Crippen LogP contribution in [0.4, 0.5) is 0 Å². The molecule has 1 heterocycles. The van der Waals surface area contributed by atoms with Gasteiger partial charge >= 0.3 is 0 Å². The molecule has 0 saturated carbocycles. The van der Waals surface area contributed by atoms with Crippen LogP contribution in [0.2, 0.25) is 0 Å². The van der Waals surface area contributed by atoms with Gasteiger partial charge in [0, 0.05) is 22.1 Å². The van der Waals surface area contributed by atoms with E-state index in [1.165, 1.54) is 11.8 Å². The second-order valence-corrected chi connectivity index (χ2v) is 7.77. The molecule has 0 unspecified atom stereocenters. The SMILES string of the molecule is CCn1c(S[C@@H](C)C(=O)c2ccc(Br)cc2)nnc1-c1ccccc1. The van der Waals surface area contributed by atoms with E-state index < -0.39 is 0 Å². The van der Waals surface area contributed by atoms with Crippen molar-refractivity contribution in [3.8, 4) is 11.4 Å². The fraction of sp³-hybridized carbons (Fsp3) is 0.211. The Hall–Kier alpha value is -1.92. The van der Waals surface area contributed by atoms with E-state index in [1.807, 2.05) is 66.1 Å². The minimum Gasteiger partial charge on any atom is -0.302 e. The fourth-order valence-corrected chi connectivity index (χ4v) is 3.78. The number of ketones is 1. The van der Waals surface area contributed by atoms with Gasteiger partial charge < -0.3 is 4.57 Å². The molecule has 6 heteroatoms. The van der Waals surface area contributed by atoms with Crippen molar-refractivity contribution < 1.29 is 4.79 Å². The maximum atomic E-state index is 12.6. The smallest absolute Gasteiger partial charge is 0.192 e. The number of aromatic nitrogens is 3. The van der Waals surface area contributed by atoms with Gasteiger partial charge in [-0.3, -0.25) is 4.79 Å². The summed E-state index contributed by atoms with van der Waals surface area (Å²) in [6.45, 7) is 4.71. The van der Waals surface area contributed by atoms with E-state index in [1.54, 1.807) is 0 Å². The van der Waals surface area contributed by atoms with Crippen LogP contribution in [0.5, 0.6) is 0 Å². The Morgan fingerprint density at radius 1 is 1.12 bits per heavy atom. The van der Waals surface area contributed by atoms with Crippen molar-refractivity contribution in [3.63, 3.8) is 0 Å². The van der Waals surface area contributed by atoms with Crippen molar-refractivity contribution in [1.29, 1.82) is 0 Å². The summed E-state index contributed by atoms with van der Waals surface area (Å²) in [5.74, 6) is 0.915. The van der Waals surface area contributed by atoms with Crippen molar-refractivity contribution >= 4 is 33.5 Å². The quantitative estimate of drug-likeness (QED) is 0.415. The number of benzene rings is 2. The second-order valence-electron chi connectivity index (χ2n) is 5.55. The number of thioether (sulfide) groups is 1. The number of hydrogen-bond acceptors (Lipinski definition) is 4. The first kappa shape index (κ1) is 17.9. The Morgan fingerprint density at radius 3 is 2.44 bits per heavy atom. The molecule has 0 fully saturated rings. The number of nitrogens with zero attached hydrogens (tertiary/aromatic N) is 3. The molecule has 0 N–H and O–H groups in total. The standard InChI is InChI=1S/C19H18BrN3OS/c1-3-23-18(15-7-5-4-6-8-15)21-22-19(23)25-13(2)17(24)14-9-11-16(20)12-10-14/h4-13H,3H2,1-2H3/t13-/m0/s1. The first-order valence-corrected chi connectivity index (χ1v) is 9.72. The van der Waals surface area contributed by atoms with Gasteiger partial charge in [0.25, 0.3) is 0 Å². The van der Waals surface area contributed by atoms with Crippen LogP contribution in [0.3, 0.4) is 0 Å². The van der Waals surface area contributed by atoms with E-state index in [4.69, 9.17) is 0 Å². The highest BCUT2D eigenvalue weighted by Crippen LogP contribution is 2.28. The van der Waals surface area contributed by atoms with E-state index in [2.05, 4.69) is 33.1 Å². The maximum absolute atomic E-state index is 12.6. The Morgan fingerprint density at radius 2 is 1.80 bits per heavy atom. The molecule has 0 spiro atoms. The van der Waals surface area contributed by atoms with Crippen molar-refractivity contribution in [2.75, 3.05) is 0 Å². The molecule has 0 radical (unpaired) electrons. The molecule has 1 aromatic heterocycles. The average molecular weight is 416 g/mol. The van der Waals surface area contributed by atoms with E-state index in [9.17, 15) is 4.79 Å². The molecule has 1 atom stereocenters. The summed E-state index contributed by atoms with van der Waals surface area (Å²) in [7, 11) is 0. The molecule has 2 aromatic carbocycles. The summed E-state index contributed by atoms with van der Waals surface area (Å²) in [6.07, 6.45) is 0. The largest absolute Gasteiger partial charge is 0.302 e. The molecule has 0 saturated heterocycles. The lowest BCUT2D eigenvalue weighted by atomic mass is 10.1. The van der Waals surface area contributed by atoms with Crippen molar-refractivity contribution in [2.24, 2.45) is 0 Å². The minimum atomic E-state index is -0.237. The summed E-state index contributed by atoms with van der Waals surface area (Å²) in [6, 6.07) is 17.4. The van der Waals surface area contributed by atoms with Crippen LogP contribution < -0.4 is 0 Å². The van der Waals surface area contributed by atoms with Crippen LogP contribution in [-0.2, 0) is 6.54 Å². The van der Waals surface area contributed by atoms with Crippen LogP contribution in [0, 0.1) is 0 Å². The highest BCUT2D eigenvalue weighted by molar-refractivity contribution is 9.10. The normalized spacial score (nSPS) is 12.1. The Balaban J connectivity index is 1.82. The third kappa shape index (κ3) is 4.02. The van der Waals surface area contributed by atoms with Gasteiger partial charge in [0.1, 0.15) is 0 Å². The maximum Gasteiger partial charge on any atom is 0.192 e. The molecule has 0 amide bonds.